The Kier molecular flexibility index (Phi) is 3.55. The predicted molar refractivity (Wildman–Crippen MR) is 80.2 cm³/mol. The number of halogens is 3. The van der Waals surface area contributed by atoms with E-state index in [1.54, 1.807) is 11.3 Å². The molecule has 0 radical (unpaired) electrons. The Morgan fingerprint density at radius 1 is 0.619 bits per heavy atom. The predicted octanol–water partition coefficient (Wildman–Crippen LogP) is 6.10. The Morgan fingerprint density at radius 3 is 1.67 bits per heavy atom. The molecule has 0 nitrogen and oxygen atoms in total. The molecular formula is C17H11F3S. The Bertz CT molecular complexity index is 725. The summed E-state index contributed by atoms with van der Waals surface area (Å²) in [5.41, 5.74) is 1.29. The van der Waals surface area contributed by atoms with Crippen LogP contribution in [0.3, 0.4) is 0 Å². The molecule has 3 rings (SSSR count). The summed E-state index contributed by atoms with van der Waals surface area (Å²) in [4.78, 5) is 2.06. The maximum Gasteiger partial charge on any atom is 0.416 e. The lowest BCUT2D eigenvalue weighted by Gasteiger charge is -2.06. The third-order valence-corrected chi connectivity index (χ3v) is 4.34. The fourth-order valence-electron chi connectivity index (χ4n) is 2.07. The standard InChI is InChI=1S/C17H11F3S/c18-17(19,20)14-8-6-13(7-9-14)16-11-10-15(21-16)12-4-2-1-3-5-12/h1-11H. The highest BCUT2D eigenvalue weighted by atomic mass is 32.1. The van der Waals surface area contributed by atoms with Crippen LogP contribution in [0.15, 0.2) is 66.7 Å². The minimum Gasteiger partial charge on any atom is -0.166 e. The Balaban J connectivity index is 1.90. The monoisotopic (exact) mass is 304 g/mol. The normalized spacial score (nSPS) is 11.6. The van der Waals surface area contributed by atoms with Crippen LogP contribution >= 0.6 is 11.3 Å². The number of hydrogen-bond acceptors (Lipinski definition) is 1. The molecule has 0 spiro atoms. The van der Waals surface area contributed by atoms with Gasteiger partial charge in [-0.25, -0.2) is 0 Å². The van der Waals surface area contributed by atoms with Crippen LogP contribution in [0.25, 0.3) is 20.9 Å². The number of rotatable bonds is 2. The molecule has 0 saturated carbocycles. The summed E-state index contributed by atoms with van der Waals surface area (Å²) in [7, 11) is 0. The van der Waals surface area contributed by atoms with Gasteiger partial charge in [0.2, 0.25) is 0 Å². The van der Waals surface area contributed by atoms with Crippen molar-refractivity contribution >= 4 is 11.3 Å². The van der Waals surface area contributed by atoms with Gasteiger partial charge < -0.3 is 0 Å². The van der Waals surface area contributed by atoms with Gasteiger partial charge in [-0.1, -0.05) is 42.5 Å². The zero-order valence-electron chi connectivity index (χ0n) is 10.9. The highest BCUT2D eigenvalue weighted by Crippen LogP contribution is 2.36. The van der Waals surface area contributed by atoms with E-state index < -0.39 is 11.7 Å². The first kappa shape index (κ1) is 13.9. The van der Waals surface area contributed by atoms with Crippen molar-refractivity contribution in [2.75, 3.05) is 0 Å². The van der Waals surface area contributed by atoms with Gasteiger partial charge in [-0.15, -0.1) is 11.3 Å². The number of thiophene rings is 1. The summed E-state index contributed by atoms with van der Waals surface area (Å²) < 4.78 is 37.7. The lowest BCUT2D eigenvalue weighted by atomic mass is 10.1. The Labute approximate surface area is 124 Å². The zero-order valence-corrected chi connectivity index (χ0v) is 11.7. The maximum absolute atomic E-state index is 12.6. The molecule has 0 unspecified atom stereocenters. The van der Waals surface area contributed by atoms with Crippen LogP contribution in [0.5, 0.6) is 0 Å². The largest absolute Gasteiger partial charge is 0.416 e. The number of alkyl halides is 3. The average Bonchev–Trinajstić information content (AvgIpc) is 2.97. The van der Waals surface area contributed by atoms with E-state index in [0.29, 0.717) is 0 Å². The SMILES string of the molecule is FC(F)(F)c1ccc(-c2ccc(-c3ccccc3)s2)cc1. The van der Waals surface area contributed by atoms with E-state index in [2.05, 4.69) is 0 Å². The van der Waals surface area contributed by atoms with Crippen LogP contribution in [0.2, 0.25) is 0 Å². The van der Waals surface area contributed by atoms with E-state index in [9.17, 15) is 13.2 Å². The molecule has 4 heteroatoms. The first-order valence-corrected chi connectivity index (χ1v) is 7.18. The van der Waals surface area contributed by atoms with Gasteiger partial charge in [0.1, 0.15) is 0 Å². The highest BCUT2D eigenvalue weighted by Gasteiger charge is 2.29. The minimum absolute atomic E-state index is 0.619. The smallest absolute Gasteiger partial charge is 0.166 e. The lowest BCUT2D eigenvalue weighted by Crippen LogP contribution is -2.03. The number of hydrogen-bond donors (Lipinski definition) is 0. The summed E-state index contributed by atoms with van der Waals surface area (Å²) in [6.07, 6.45) is -4.29. The van der Waals surface area contributed by atoms with Crippen LogP contribution < -0.4 is 0 Å². The van der Waals surface area contributed by atoms with Gasteiger partial charge in [0, 0.05) is 9.75 Å². The van der Waals surface area contributed by atoms with Crippen LogP contribution in [0.1, 0.15) is 5.56 Å². The third kappa shape index (κ3) is 3.00. The maximum atomic E-state index is 12.6. The van der Waals surface area contributed by atoms with Crippen molar-refractivity contribution in [2.45, 2.75) is 6.18 Å². The fourth-order valence-corrected chi connectivity index (χ4v) is 3.09. The first-order valence-electron chi connectivity index (χ1n) is 6.37. The molecule has 21 heavy (non-hydrogen) atoms. The van der Waals surface area contributed by atoms with Crippen molar-refractivity contribution in [1.82, 2.24) is 0 Å². The van der Waals surface area contributed by atoms with E-state index in [1.165, 1.54) is 12.1 Å². The second-order valence-electron chi connectivity index (χ2n) is 4.61. The van der Waals surface area contributed by atoms with Crippen LogP contribution in [-0.4, -0.2) is 0 Å². The second kappa shape index (κ2) is 5.37. The van der Waals surface area contributed by atoms with Crippen LogP contribution in [0, 0.1) is 0 Å². The average molecular weight is 304 g/mol. The molecule has 3 aromatic rings. The zero-order chi connectivity index (χ0) is 14.9. The fraction of sp³-hybridized carbons (Fsp3) is 0.0588. The van der Waals surface area contributed by atoms with Crippen molar-refractivity contribution in [1.29, 1.82) is 0 Å². The third-order valence-electron chi connectivity index (χ3n) is 3.16. The van der Waals surface area contributed by atoms with Crippen LogP contribution in [0.4, 0.5) is 13.2 Å². The summed E-state index contributed by atoms with van der Waals surface area (Å²) in [6.45, 7) is 0. The summed E-state index contributed by atoms with van der Waals surface area (Å²) >= 11 is 1.57. The highest BCUT2D eigenvalue weighted by molar-refractivity contribution is 7.18. The molecule has 1 heterocycles. The van der Waals surface area contributed by atoms with Crippen molar-refractivity contribution < 1.29 is 13.2 Å². The second-order valence-corrected chi connectivity index (χ2v) is 5.69. The van der Waals surface area contributed by atoms with E-state index >= 15 is 0 Å². The van der Waals surface area contributed by atoms with Gasteiger partial charge in [-0.05, 0) is 35.4 Å². The van der Waals surface area contributed by atoms with E-state index in [-0.39, 0.29) is 0 Å². The van der Waals surface area contributed by atoms with Crippen molar-refractivity contribution in [3.63, 3.8) is 0 Å². The van der Waals surface area contributed by atoms with Gasteiger partial charge in [0.05, 0.1) is 5.56 Å². The molecule has 0 bridgehead atoms. The molecular weight excluding hydrogens is 293 g/mol. The van der Waals surface area contributed by atoms with Crippen LogP contribution in [-0.2, 0) is 6.18 Å². The van der Waals surface area contributed by atoms with Gasteiger partial charge in [-0.3, -0.25) is 0 Å². The molecule has 0 aliphatic rings. The molecule has 0 atom stereocenters. The summed E-state index contributed by atoms with van der Waals surface area (Å²) in [6, 6.07) is 19.1. The van der Waals surface area contributed by atoms with E-state index in [0.717, 1.165) is 33.0 Å². The van der Waals surface area contributed by atoms with Crippen molar-refractivity contribution in [3.8, 4) is 20.9 Å². The van der Waals surface area contributed by atoms with Gasteiger partial charge in [-0.2, -0.15) is 13.2 Å². The molecule has 1 aromatic heterocycles. The van der Waals surface area contributed by atoms with Crippen molar-refractivity contribution in [3.05, 3.63) is 72.3 Å². The molecule has 0 aliphatic carbocycles. The summed E-state index contributed by atoms with van der Waals surface area (Å²) in [5.74, 6) is 0. The van der Waals surface area contributed by atoms with Gasteiger partial charge in [0.25, 0.3) is 0 Å². The quantitative estimate of drug-likeness (QED) is 0.536. The molecule has 0 N–H and O–H groups in total. The molecule has 0 amide bonds. The van der Waals surface area contributed by atoms with Gasteiger partial charge in [0.15, 0.2) is 0 Å². The number of benzene rings is 2. The molecule has 106 valence electrons. The molecule has 2 aromatic carbocycles. The van der Waals surface area contributed by atoms with E-state index in [4.69, 9.17) is 0 Å². The van der Waals surface area contributed by atoms with E-state index in [1.807, 2.05) is 42.5 Å². The first-order chi connectivity index (χ1) is 10.0. The molecule has 0 saturated heterocycles. The Morgan fingerprint density at radius 2 is 1.14 bits per heavy atom. The molecule has 0 aliphatic heterocycles. The minimum atomic E-state index is -4.29. The topological polar surface area (TPSA) is 0 Å². The van der Waals surface area contributed by atoms with Crippen molar-refractivity contribution in [2.24, 2.45) is 0 Å². The molecule has 0 fully saturated rings. The summed E-state index contributed by atoms with van der Waals surface area (Å²) in [5, 5.41) is 0. The van der Waals surface area contributed by atoms with Gasteiger partial charge >= 0.3 is 6.18 Å². The Hall–Kier alpha value is -2.07. The lowest BCUT2D eigenvalue weighted by molar-refractivity contribution is -0.137.